The Hall–Kier alpha value is -3.03. The van der Waals surface area contributed by atoms with Crippen LogP contribution in [-0.2, 0) is 5.75 Å². The quantitative estimate of drug-likeness (QED) is 0.271. The lowest BCUT2D eigenvalue weighted by Gasteiger charge is -2.07. The van der Waals surface area contributed by atoms with Crippen LogP contribution < -0.4 is 0 Å². The predicted molar refractivity (Wildman–Crippen MR) is 116 cm³/mol. The third kappa shape index (κ3) is 4.58. The van der Waals surface area contributed by atoms with Gasteiger partial charge in [-0.25, -0.2) is 8.78 Å². The molecule has 0 N–H and O–H groups in total. The number of hydrogen-bond donors (Lipinski definition) is 0. The summed E-state index contributed by atoms with van der Waals surface area (Å²) in [6, 6.07) is 20.0. The summed E-state index contributed by atoms with van der Waals surface area (Å²) < 4.78 is 28.9. The Kier molecular flexibility index (Phi) is 6.21. The van der Waals surface area contributed by atoms with E-state index in [1.54, 1.807) is 35.2 Å². The number of thioether (sulfide) groups is 1. The van der Waals surface area contributed by atoms with Gasteiger partial charge in [0.2, 0.25) is 5.16 Å². The first kappa shape index (κ1) is 20.3. The summed E-state index contributed by atoms with van der Waals surface area (Å²) in [5.74, 6) is 0.111. The molecule has 0 radical (unpaired) electrons. The van der Waals surface area contributed by atoms with Crippen molar-refractivity contribution in [2.75, 3.05) is 0 Å². The third-order valence-electron chi connectivity index (χ3n) is 4.24. The van der Waals surface area contributed by atoms with Gasteiger partial charge in [0.05, 0.1) is 6.21 Å². The van der Waals surface area contributed by atoms with Gasteiger partial charge < -0.3 is 0 Å². The zero-order valence-electron chi connectivity index (χ0n) is 15.5. The van der Waals surface area contributed by atoms with E-state index in [9.17, 15) is 8.78 Å². The molecule has 4 aromatic rings. The smallest absolute Gasteiger partial charge is 0.207 e. The molecule has 0 aliphatic heterocycles. The molecule has 0 aliphatic rings. The SMILES string of the molecule is Fc1ccc(/C=N\n2c(SCc3c(F)cccc3Cl)nnc2-c2ccccc2)cc1. The normalized spacial score (nSPS) is 11.3. The van der Waals surface area contributed by atoms with Crippen LogP contribution in [-0.4, -0.2) is 21.1 Å². The summed E-state index contributed by atoms with van der Waals surface area (Å²) in [6.45, 7) is 0. The zero-order valence-corrected chi connectivity index (χ0v) is 17.1. The molecule has 0 atom stereocenters. The number of aromatic nitrogens is 3. The molecule has 8 heteroatoms. The van der Waals surface area contributed by atoms with Gasteiger partial charge in [0.25, 0.3) is 0 Å². The lowest BCUT2D eigenvalue weighted by atomic mass is 10.2. The van der Waals surface area contributed by atoms with E-state index in [0.717, 1.165) is 11.1 Å². The van der Waals surface area contributed by atoms with E-state index < -0.39 is 0 Å². The van der Waals surface area contributed by atoms with Gasteiger partial charge in [-0.2, -0.15) is 9.78 Å². The van der Waals surface area contributed by atoms with Crippen molar-refractivity contribution in [3.63, 3.8) is 0 Å². The Balaban J connectivity index is 1.68. The van der Waals surface area contributed by atoms with Crippen molar-refractivity contribution in [1.29, 1.82) is 0 Å². The van der Waals surface area contributed by atoms with E-state index in [1.807, 2.05) is 30.3 Å². The number of nitrogens with zero attached hydrogens (tertiary/aromatic N) is 4. The van der Waals surface area contributed by atoms with Crippen molar-refractivity contribution < 1.29 is 8.78 Å². The van der Waals surface area contributed by atoms with Crippen LogP contribution >= 0.6 is 23.4 Å². The lowest BCUT2D eigenvalue weighted by Crippen LogP contribution is -1.98. The second-order valence-electron chi connectivity index (χ2n) is 6.27. The van der Waals surface area contributed by atoms with Crippen LogP contribution in [0.5, 0.6) is 0 Å². The van der Waals surface area contributed by atoms with Crippen LogP contribution in [0, 0.1) is 11.6 Å². The second-order valence-corrected chi connectivity index (χ2v) is 7.62. The summed E-state index contributed by atoms with van der Waals surface area (Å²) in [4.78, 5) is 0. The van der Waals surface area contributed by atoms with Crippen LogP contribution in [0.4, 0.5) is 8.78 Å². The first-order chi connectivity index (χ1) is 14.6. The van der Waals surface area contributed by atoms with Crippen LogP contribution in [0.2, 0.25) is 5.02 Å². The van der Waals surface area contributed by atoms with E-state index in [2.05, 4.69) is 15.3 Å². The van der Waals surface area contributed by atoms with Gasteiger partial charge in [-0.1, -0.05) is 71.9 Å². The van der Waals surface area contributed by atoms with Gasteiger partial charge >= 0.3 is 0 Å². The molecule has 1 heterocycles. The maximum Gasteiger partial charge on any atom is 0.212 e. The fourth-order valence-corrected chi connectivity index (χ4v) is 3.94. The van der Waals surface area contributed by atoms with Crippen molar-refractivity contribution >= 4 is 29.6 Å². The van der Waals surface area contributed by atoms with Gasteiger partial charge in [0.1, 0.15) is 11.6 Å². The lowest BCUT2D eigenvalue weighted by molar-refractivity contribution is 0.617. The van der Waals surface area contributed by atoms with Crippen LogP contribution in [0.25, 0.3) is 11.4 Å². The molecule has 0 unspecified atom stereocenters. The highest BCUT2D eigenvalue weighted by molar-refractivity contribution is 7.98. The number of benzene rings is 3. The van der Waals surface area contributed by atoms with Crippen molar-refractivity contribution in [2.45, 2.75) is 10.9 Å². The zero-order chi connectivity index (χ0) is 20.9. The highest BCUT2D eigenvalue weighted by Crippen LogP contribution is 2.30. The molecule has 1 aromatic heterocycles. The van der Waals surface area contributed by atoms with Gasteiger partial charge in [0, 0.05) is 21.9 Å². The molecule has 4 nitrogen and oxygen atoms in total. The number of rotatable bonds is 6. The highest BCUT2D eigenvalue weighted by Gasteiger charge is 2.16. The largest absolute Gasteiger partial charge is 0.212 e. The number of halogens is 3. The van der Waals surface area contributed by atoms with Gasteiger partial charge in [-0.05, 0) is 29.8 Å². The molecule has 0 aliphatic carbocycles. The Morgan fingerprint density at radius 2 is 1.70 bits per heavy atom. The van der Waals surface area contributed by atoms with E-state index in [-0.39, 0.29) is 17.4 Å². The maximum atomic E-state index is 14.1. The third-order valence-corrected chi connectivity index (χ3v) is 5.54. The highest BCUT2D eigenvalue weighted by atomic mass is 35.5. The van der Waals surface area contributed by atoms with E-state index >= 15 is 0 Å². The van der Waals surface area contributed by atoms with E-state index in [1.165, 1.54) is 30.0 Å². The molecule has 0 saturated heterocycles. The standard InChI is InChI=1S/C22H15ClF2N4S/c23-19-7-4-8-20(25)18(19)14-30-22-28-27-21(16-5-2-1-3-6-16)29(22)26-13-15-9-11-17(24)12-10-15/h1-13H,14H2/b26-13-. The second kappa shape index (κ2) is 9.19. The molecule has 0 saturated carbocycles. The Morgan fingerprint density at radius 3 is 2.43 bits per heavy atom. The van der Waals surface area contributed by atoms with Gasteiger partial charge in [-0.3, -0.25) is 0 Å². The molecule has 0 fully saturated rings. The van der Waals surface area contributed by atoms with Crippen LogP contribution in [0.3, 0.4) is 0 Å². The first-order valence-corrected chi connectivity index (χ1v) is 10.3. The van der Waals surface area contributed by atoms with E-state index in [4.69, 9.17) is 11.6 Å². The first-order valence-electron chi connectivity index (χ1n) is 8.98. The summed E-state index contributed by atoms with van der Waals surface area (Å²) in [7, 11) is 0. The fourth-order valence-electron chi connectivity index (χ4n) is 2.71. The predicted octanol–water partition coefficient (Wildman–Crippen LogP) is 6.05. The summed E-state index contributed by atoms with van der Waals surface area (Å²) in [6.07, 6.45) is 1.59. The molecule has 150 valence electrons. The minimum atomic E-state index is -0.376. The minimum absolute atomic E-state index is 0.268. The maximum absolute atomic E-state index is 14.1. The molecule has 30 heavy (non-hydrogen) atoms. The summed E-state index contributed by atoms with van der Waals surface area (Å²) in [5.41, 5.74) is 1.94. The Morgan fingerprint density at radius 1 is 0.933 bits per heavy atom. The fraction of sp³-hybridized carbons (Fsp3) is 0.0455. The molecule has 0 amide bonds. The Bertz CT molecular complexity index is 1160. The summed E-state index contributed by atoms with van der Waals surface area (Å²) >= 11 is 7.41. The molecular weight excluding hydrogens is 426 g/mol. The van der Waals surface area contributed by atoms with Crippen molar-refractivity contribution in [1.82, 2.24) is 14.9 Å². The topological polar surface area (TPSA) is 43.1 Å². The molecule has 3 aromatic carbocycles. The van der Waals surface area contributed by atoms with Gasteiger partial charge in [0.15, 0.2) is 5.82 Å². The van der Waals surface area contributed by atoms with Crippen molar-refractivity contribution in [3.8, 4) is 11.4 Å². The Labute approximate surface area is 181 Å². The molecule has 0 bridgehead atoms. The van der Waals surface area contributed by atoms with E-state index in [0.29, 0.717) is 21.6 Å². The number of hydrogen-bond acceptors (Lipinski definition) is 4. The summed E-state index contributed by atoms with van der Waals surface area (Å²) in [5, 5.41) is 13.8. The average Bonchev–Trinajstić information content (AvgIpc) is 3.16. The molecule has 4 rings (SSSR count). The van der Waals surface area contributed by atoms with Gasteiger partial charge in [-0.15, -0.1) is 10.2 Å². The minimum Gasteiger partial charge on any atom is -0.207 e. The van der Waals surface area contributed by atoms with Crippen molar-refractivity contribution in [2.24, 2.45) is 5.10 Å². The average molecular weight is 441 g/mol. The molecule has 0 spiro atoms. The monoisotopic (exact) mass is 440 g/mol. The molecular formula is C22H15ClF2N4S. The van der Waals surface area contributed by atoms with Crippen LogP contribution in [0.15, 0.2) is 83.1 Å². The van der Waals surface area contributed by atoms with Crippen LogP contribution in [0.1, 0.15) is 11.1 Å². The van der Waals surface area contributed by atoms with Crippen molar-refractivity contribution in [3.05, 3.63) is 101 Å².